The number of nitriles is 1. The lowest BCUT2D eigenvalue weighted by molar-refractivity contribution is 0.245. The van der Waals surface area contributed by atoms with Crippen molar-refractivity contribution in [3.63, 3.8) is 0 Å². The van der Waals surface area contributed by atoms with E-state index in [4.69, 9.17) is 5.26 Å². The van der Waals surface area contributed by atoms with E-state index in [1.807, 2.05) is 6.07 Å². The smallest absolute Gasteiger partial charge is 0.124 e. The van der Waals surface area contributed by atoms with Crippen molar-refractivity contribution in [1.29, 1.82) is 5.26 Å². The average molecular weight is 275 g/mol. The molecule has 0 unspecified atom stereocenters. The molecule has 0 heterocycles. The standard InChI is InChI=1S/C16H22FN3/c1-20(16-4-2-3-5-16)7-6-19-12-14-8-13(11-18)9-15(17)10-14/h8-10,16,19H,2-7,12H2,1H3. The molecule has 1 aromatic carbocycles. The predicted molar refractivity (Wildman–Crippen MR) is 77.7 cm³/mol. The quantitative estimate of drug-likeness (QED) is 0.811. The van der Waals surface area contributed by atoms with Crippen LogP contribution in [-0.4, -0.2) is 31.1 Å². The van der Waals surface area contributed by atoms with E-state index in [0.717, 1.165) is 24.7 Å². The minimum Gasteiger partial charge on any atom is -0.311 e. The van der Waals surface area contributed by atoms with E-state index in [0.29, 0.717) is 12.1 Å². The van der Waals surface area contributed by atoms with Gasteiger partial charge in [0.15, 0.2) is 0 Å². The number of hydrogen-bond acceptors (Lipinski definition) is 3. The van der Waals surface area contributed by atoms with Crippen LogP contribution in [0.4, 0.5) is 4.39 Å². The molecule has 20 heavy (non-hydrogen) atoms. The highest BCUT2D eigenvalue weighted by molar-refractivity contribution is 5.33. The number of hydrogen-bond donors (Lipinski definition) is 1. The highest BCUT2D eigenvalue weighted by Crippen LogP contribution is 2.21. The van der Waals surface area contributed by atoms with E-state index >= 15 is 0 Å². The van der Waals surface area contributed by atoms with E-state index in [1.165, 1.54) is 37.8 Å². The van der Waals surface area contributed by atoms with Crippen molar-refractivity contribution >= 4 is 0 Å². The van der Waals surface area contributed by atoms with E-state index in [2.05, 4.69) is 17.3 Å². The topological polar surface area (TPSA) is 39.1 Å². The predicted octanol–water partition coefficient (Wildman–Crippen LogP) is 2.66. The number of nitrogens with zero attached hydrogens (tertiary/aromatic N) is 2. The summed E-state index contributed by atoms with van der Waals surface area (Å²) in [7, 11) is 2.17. The van der Waals surface area contributed by atoms with Gasteiger partial charge >= 0.3 is 0 Å². The second-order valence-corrected chi connectivity index (χ2v) is 5.56. The van der Waals surface area contributed by atoms with Gasteiger partial charge in [0, 0.05) is 25.7 Å². The minimum absolute atomic E-state index is 0.344. The van der Waals surface area contributed by atoms with Crippen molar-refractivity contribution < 1.29 is 4.39 Å². The molecule has 1 aromatic rings. The highest BCUT2D eigenvalue weighted by Gasteiger charge is 2.18. The van der Waals surface area contributed by atoms with Crippen molar-refractivity contribution in [2.75, 3.05) is 20.1 Å². The maximum atomic E-state index is 13.3. The Kier molecular flexibility index (Phi) is 5.51. The van der Waals surface area contributed by atoms with Gasteiger partial charge in [-0.2, -0.15) is 5.26 Å². The van der Waals surface area contributed by atoms with Crippen LogP contribution in [0.3, 0.4) is 0 Å². The molecule has 2 rings (SSSR count). The number of benzene rings is 1. The molecular weight excluding hydrogens is 253 g/mol. The molecule has 0 spiro atoms. The maximum absolute atomic E-state index is 13.3. The molecule has 1 saturated carbocycles. The first-order valence-electron chi connectivity index (χ1n) is 7.29. The molecule has 4 heteroatoms. The number of nitrogens with one attached hydrogen (secondary N) is 1. The van der Waals surface area contributed by atoms with Gasteiger partial charge in [-0.3, -0.25) is 0 Å². The van der Waals surface area contributed by atoms with Crippen LogP contribution in [0.1, 0.15) is 36.8 Å². The molecule has 1 aliphatic carbocycles. The zero-order valence-electron chi connectivity index (χ0n) is 12.0. The zero-order chi connectivity index (χ0) is 14.4. The summed E-state index contributed by atoms with van der Waals surface area (Å²) in [4.78, 5) is 2.41. The van der Waals surface area contributed by atoms with E-state index in [-0.39, 0.29) is 5.82 Å². The lowest BCUT2D eigenvalue weighted by atomic mass is 10.1. The van der Waals surface area contributed by atoms with Crippen molar-refractivity contribution in [3.05, 3.63) is 35.1 Å². The highest BCUT2D eigenvalue weighted by atomic mass is 19.1. The first-order valence-corrected chi connectivity index (χ1v) is 7.29. The minimum atomic E-state index is -0.344. The third-order valence-electron chi connectivity index (χ3n) is 4.01. The van der Waals surface area contributed by atoms with Gasteiger partial charge in [0.05, 0.1) is 11.6 Å². The zero-order valence-corrected chi connectivity index (χ0v) is 12.0. The molecule has 1 N–H and O–H groups in total. The normalized spacial score (nSPS) is 15.7. The number of rotatable bonds is 6. The Bertz CT molecular complexity index is 475. The summed E-state index contributed by atoms with van der Waals surface area (Å²) in [5.41, 5.74) is 1.20. The van der Waals surface area contributed by atoms with Crippen molar-refractivity contribution in [2.45, 2.75) is 38.3 Å². The molecule has 0 aliphatic heterocycles. The number of likely N-dealkylation sites (N-methyl/N-ethyl adjacent to an activating group) is 1. The molecule has 3 nitrogen and oxygen atoms in total. The average Bonchev–Trinajstić information content (AvgIpc) is 2.97. The fraction of sp³-hybridized carbons (Fsp3) is 0.562. The summed E-state index contributed by atoms with van der Waals surface area (Å²) < 4.78 is 13.3. The molecular formula is C16H22FN3. The van der Waals surface area contributed by atoms with Gasteiger partial charge in [-0.1, -0.05) is 12.8 Å². The lowest BCUT2D eigenvalue weighted by Crippen LogP contribution is -2.35. The molecule has 1 aliphatic rings. The van der Waals surface area contributed by atoms with Crippen LogP contribution in [0.5, 0.6) is 0 Å². The summed E-state index contributed by atoms with van der Waals surface area (Å²) in [6.07, 6.45) is 5.32. The molecule has 0 saturated heterocycles. The van der Waals surface area contributed by atoms with Gasteiger partial charge in [-0.25, -0.2) is 4.39 Å². The van der Waals surface area contributed by atoms with Gasteiger partial charge in [0.25, 0.3) is 0 Å². The molecule has 0 radical (unpaired) electrons. The summed E-state index contributed by atoms with van der Waals surface area (Å²) in [6.45, 7) is 2.49. The Labute approximate surface area is 120 Å². The first-order chi connectivity index (χ1) is 9.69. The molecule has 0 amide bonds. The van der Waals surface area contributed by atoms with Crippen LogP contribution >= 0.6 is 0 Å². The summed E-state index contributed by atoms with van der Waals surface area (Å²) in [5, 5.41) is 12.1. The van der Waals surface area contributed by atoms with Crippen LogP contribution in [0.25, 0.3) is 0 Å². The van der Waals surface area contributed by atoms with Crippen LogP contribution in [-0.2, 0) is 6.54 Å². The van der Waals surface area contributed by atoms with Crippen LogP contribution < -0.4 is 5.32 Å². The van der Waals surface area contributed by atoms with E-state index in [1.54, 1.807) is 6.07 Å². The Morgan fingerprint density at radius 3 is 2.80 bits per heavy atom. The third kappa shape index (κ3) is 4.29. The van der Waals surface area contributed by atoms with Crippen molar-refractivity contribution in [1.82, 2.24) is 10.2 Å². The molecule has 0 bridgehead atoms. The number of halogens is 1. The lowest BCUT2D eigenvalue weighted by Gasteiger charge is -2.24. The summed E-state index contributed by atoms with van der Waals surface area (Å²) >= 11 is 0. The fourth-order valence-corrected chi connectivity index (χ4v) is 2.83. The van der Waals surface area contributed by atoms with Crippen LogP contribution in [0, 0.1) is 17.1 Å². The third-order valence-corrected chi connectivity index (χ3v) is 4.01. The monoisotopic (exact) mass is 275 g/mol. The summed E-state index contributed by atoms with van der Waals surface area (Å²) in [5.74, 6) is -0.344. The van der Waals surface area contributed by atoms with Gasteiger partial charge in [0.2, 0.25) is 0 Å². The Hall–Kier alpha value is -1.44. The second-order valence-electron chi connectivity index (χ2n) is 5.56. The fourth-order valence-electron chi connectivity index (χ4n) is 2.83. The molecule has 0 aromatic heterocycles. The van der Waals surface area contributed by atoms with Gasteiger partial charge in [0.1, 0.15) is 5.82 Å². The van der Waals surface area contributed by atoms with E-state index < -0.39 is 0 Å². The van der Waals surface area contributed by atoms with Gasteiger partial charge in [-0.05, 0) is 43.7 Å². The summed E-state index contributed by atoms with van der Waals surface area (Å²) in [6, 6.07) is 7.19. The Morgan fingerprint density at radius 1 is 1.35 bits per heavy atom. The maximum Gasteiger partial charge on any atom is 0.124 e. The molecule has 0 atom stereocenters. The van der Waals surface area contributed by atoms with Crippen molar-refractivity contribution in [2.24, 2.45) is 0 Å². The van der Waals surface area contributed by atoms with Gasteiger partial charge < -0.3 is 10.2 Å². The largest absolute Gasteiger partial charge is 0.311 e. The molecule has 108 valence electrons. The molecule has 1 fully saturated rings. The van der Waals surface area contributed by atoms with E-state index in [9.17, 15) is 4.39 Å². The van der Waals surface area contributed by atoms with Crippen LogP contribution in [0.15, 0.2) is 18.2 Å². The van der Waals surface area contributed by atoms with Crippen LogP contribution in [0.2, 0.25) is 0 Å². The second kappa shape index (κ2) is 7.37. The van der Waals surface area contributed by atoms with Gasteiger partial charge in [-0.15, -0.1) is 0 Å². The first kappa shape index (κ1) is 15.0. The SMILES string of the molecule is CN(CCNCc1cc(F)cc(C#N)c1)C1CCCC1. The Balaban J connectivity index is 1.73. The van der Waals surface area contributed by atoms with Crippen molar-refractivity contribution in [3.8, 4) is 6.07 Å². The Morgan fingerprint density at radius 2 is 2.10 bits per heavy atom.